The van der Waals surface area contributed by atoms with Gasteiger partial charge in [0.2, 0.25) is 0 Å². The number of ketones is 2. The second-order valence-corrected chi connectivity index (χ2v) is 7.59. The minimum Gasteiger partial charge on any atom is -0.360 e. The first-order chi connectivity index (χ1) is 14.0. The molecule has 2 heterocycles. The van der Waals surface area contributed by atoms with Gasteiger partial charge in [-0.3, -0.25) is 14.5 Å². The summed E-state index contributed by atoms with van der Waals surface area (Å²) in [6.45, 7) is 2.99. The van der Waals surface area contributed by atoms with E-state index in [1.54, 1.807) is 6.20 Å². The monoisotopic (exact) mass is 396 g/mol. The summed E-state index contributed by atoms with van der Waals surface area (Å²) in [5.41, 5.74) is 1.39. The molecule has 4 nitrogen and oxygen atoms in total. The van der Waals surface area contributed by atoms with E-state index in [0.717, 1.165) is 29.1 Å². The highest BCUT2D eigenvalue weighted by atomic mass is 19.1. The molecule has 0 amide bonds. The number of Topliss-reactive ketones (excluding diaryl/α,β-unsaturated/α-hetero) is 2. The SMILES string of the molecule is CC(C(=O)c1c[nH]c2ccccc12)N1CCC(C(=O)c2cc(F)ccc2F)CC1. The number of carbonyl (C=O) groups is 2. The van der Waals surface area contributed by atoms with Gasteiger partial charge in [0.15, 0.2) is 11.6 Å². The zero-order valence-electron chi connectivity index (χ0n) is 16.1. The van der Waals surface area contributed by atoms with Crippen LogP contribution >= 0.6 is 0 Å². The lowest BCUT2D eigenvalue weighted by molar-refractivity contribution is 0.0712. The number of benzene rings is 2. The molecule has 1 saturated heterocycles. The number of fused-ring (bicyclic) bond motifs is 1. The number of nitrogens with one attached hydrogen (secondary N) is 1. The van der Waals surface area contributed by atoms with Crippen molar-refractivity contribution in [2.45, 2.75) is 25.8 Å². The van der Waals surface area contributed by atoms with Crippen molar-refractivity contribution >= 4 is 22.5 Å². The summed E-state index contributed by atoms with van der Waals surface area (Å²) >= 11 is 0. The Kier molecular flexibility index (Phi) is 5.28. The summed E-state index contributed by atoms with van der Waals surface area (Å²) in [7, 11) is 0. The number of aromatic nitrogens is 1. The molecule has 1 N–H and O–H groups in total. The van der Waals surface area contributed by atoms with Gasteiger partial charge < -0.3 is 4.98 Å². The molecule has 1 aliphatic heterocycles. The molecule has 29 heavy (non-hydrogen) atoms. The number of piperidine rings is 1. The maximum Gasteiger partial charge on any atom is 0.181 e. The summed E-state index contributed by atoms with van der Waals surface area (Å²) in [6, 6.07) is 10.3. The first kappa shape index (κ1) is 19.5. The highest BCUT2D eigenvalue weighted by molar-refractivity contribution is 6.10. The second-order valence-electron chi connectivity index (χ2n) is 7.59. The Morgan fingerprint density at radius 3 is 2.55 bits per heavy atom. The Morgan fingerprint density at radius 2 is 1.79 bits per heavy atom. The maximum absolute atomic E-state index is 13.9. The highest BCUT2D eigenvalue weighted by Gasteiger charge is 2.32. The number of para-hydroxylation sites is 1. The molecule has 0 saturated carbocycles. The van der Waals surface area contributed by atoms with Crippen molar-refractivity contribution in [3.8, 4) is 0 Å². The standard InChI is InChI=1S/C23H22F2N2O2/c1-14(22(28)19-13-26-21-5-3-2-4-17(19)21)27-10-8-15(9-11-27)23(29)18-12-16(24)6-7-20(18)25/h2-7,12-15,26H,8-11H2,1H3. The molecular weight excluding hydrogens is 374 g/mol. The highest BCUT2D eigenvalue weighted by Crippen LogP contribution is 2.26. The van der Waals surface area contributed by atoms with Gasteiger partial charge in [-0.1, -0.05) is 18.2 Å². The zero-order chi connectivity index (χ0) is 20.5. The van der Waals surface area contributed by atoms with Crippen molar-refractivity contribution in [1.29, 1.82) is 0 Å². The van der Waals surface area contributed by atoms with Crippen molar-refractivity contribution in [2.75, 3.05) is 13.1 Å². The maximum atomic E-state index is 13.9. The van der Waals surface area contributed by atoms with E-state index in [2.05, 4.69) is 9.88 Å². The number of hydrogen-bond acceptors (Lipinski definition) is 3. The number of aromatic amines is 1. The number of H-pyrrole nitrogens is 1. The van der Waals surface area contributed by atoms with E-state index in [1.165, 1.54) is 0 Å². The van der Waals surface area contributed by atoms with E-state index in [4.69, 9.17) is 0 Å². The summed E-state index contributed by atoms with van der Waals surface area (Å²) in [4.78, 5) is 30.8. The van der Waals surface area contributed by atoms with E-state index < -0.39 is 11.6 Å². The molecule has 4 rings (SSSR count). The summed E-state index contributed by atoms with van der Waals surface area (Å²) < 4.78 is 27.3. The van der Waals surface area contributed by atoms with Gasteiger partial charge in [-0.25, -0.2) is 8.78 Å². The topological polar surface area (TPSA) is 53.2 Å². The van der Waals surface area contributed by atoms with E-state index in [0.29, 0.717) is 31.5 Å². The summed E-state index contributed by atoms with van der Waals surface area (Å²) in [6.07, 6.45) is 2.77. The third-order valence-corrected chi connectivity index (χ3v) is 5.88. The summed E-state index contributed by atoms with van der Waals surface area (Å²) in [5, 5.41) is 0.899. The van der Waals surface area contributed by atoms with Crippen LogP contribution in [0.1, 0.15) is 40.5 Å². The lowest BCUT2D eigenvalue weighted by Gasteiger charge is -2.34. The molecule has 1 unspecified atom stereocenters. The third kappa shape index (κ3) is 3.72. The van der Waals surface area contributed by atoms with Gasteiger partial charge in [0.1, 0.15) is 11.6 Å². The first-order valence-corrected chi connectivity index (χ1v) is 9.79. The van der Waals surface area contributed by atoms with E-state index >= 15 is 0 Å². The van der Waals surface area contributed by atoms with Gasteiger partial charge in [-0.2, -0.15) is 0 Å². The van der Waals surface area contributed by atoms with Crippen LogP contribution in [0.15, 0.2) is 48.7 Å². The van der Waals surface area contributed by atoms with Crippen LogP contribution in [-0.2, 0) is 0 Å². The average Bonchev–Trinajstić information content (AvgIpc) is 3.18. The predicted octanol–water partition coefficient (Wildman–Crippen LogP) is 4.61. The van der Waals surface area contributed by atoms with Crippen LogP contribution in [0.5, 0.6) is 0 Å². The van der Waals surface area contributed by atoms with Gasteiger partial charge in [-0.15, -0.1) is 0 Å². The van der Waals surface area contributed by atoms with Crippen molar-refractivity contribution in [1.82, 2.24) is 9.88 Å². The molecule has 1 atom stereocenters. The molecule has 150 valence electrons. The fourth-order valence-electron chi connectivity index (χ4n) is 4.12. The Balaban J connectivity index is 1.43. The first-order valence-electron chi connectivity index (χ1n) is 9.79. The van der Waals surface area contributed by atoms with E-state index in [1.807, 2.05) is 31.2 Å². The molecule has 3 aromatic rings. The molecule has 0 spiro atoms. The Hall–Kier alpha value is -2.86. The van der Waals surface area contributed by atoms with Crippen LogP contribution in [0.4, 0.5) is 8.78 Å². The number of likely N-dealkylation sites (tertiary alicyclic amines) is 1. The molecule has 0 bridgehead atoms. The summed E-state index contributed by atoms with van der Waals surface area (Å²) in [5.74, 6) is -2.01. The predicted molar refractivity (Wildman–Crippen MR) is 107 cm³/mol. The Labute approximate surface area is 167 Å². The fraction of sp³-hybridized carbons (Fsp3) is 0.304. The minimum atomic E-state index is -0.693. The minimum absolute atomic E-state index is 0.0309. The number of rotatable bonds is 5. The molecule has 0 aliphatic carbocycles. The smallest absolute Gasteiger partial charge is 0.181 e. The van der Waals surface area contributed by atoms with Crippen LogP contribution in [0.25, 0.3) is 10.9 Å². The van der Waals surface area contributed by atoms with Crippen molar-refractivity contribution in [3.63, 3.8) is 0 Å². The molecular formula is C23H22F2N2O2. The van der Waals surface area contributed by atoms with E-state index in [9.17, 15) is 18.4 Å². The zero-order valence-corrected chi connectivity index (χ0v) is 16.1. The number of hydrogen-bond donors (Lipinski definition) is 1. The van der Waals surface area contributed by atoms with Crippen LogP contribution in [-0.4, -0.2) is 40.6 Å². The second kappa shape index (κ2) is 7.87. The van der Waals surface area contributed by atoms with Crippen molar-refractivity contribution in [3.05, 3.63) is 71.4 Å². The van der Waals surface area contributed by atoms with Crippen LogP contribution in [0, 0.1) is 17.6 Å². The number of halogens is 2. The number of nitrogens with zero attached hydrogens (tertiary/aromatic N) is 1. The average molecular weight is 396 g/mol. The van der Waals surface area contributed by atoms with Gasteiger partial charge in [0.05, 0.1) is 11.6 Å². The molecule has 1 aromatic heterocycles. The fourth-order valence-corrected chi connectivity index (χ4v) is 4.12. The molecule has 0 radical (unpaired) electrons. The van der Waals surface area contributed by atoms with Crippen LogP contribution in [0.2, 0.25) is 0 Å². The lowest BCUT2D eigenvalue weighted by Crippen LogP contribution is -2.45. The van der Waals surface area contributed by atoms with Gasteiger partial charge in [0, 0.05) is 28.6 Å². The van der Waals surface area contributed by atoms with Crippen molar-refractivity contribution in [2.24, 2.45) is 5.92 Å². The third-order valence-electron chi connectivity index (χ3n) is 5.88. The molecule has 1 fully saturated rings. The van der Waals surface area contributed by atoms with Gasteiger partial charge in [-0.05, 0) is 57.1 Å². The van der Waals surface area contributed by atoms with Crippen molar-refractivity contribution < 1.29 is 18.4 Å². The van der Waals surface area contributed by atoms with Gasteiger partial charge in [0.25, 0.3) is 0 Å². The van der Waals surface area contributed by atoms with Crippen LogP contribution < -0.4 is 0 Å². The Bertz CT molecular complexity index is 1070. The normalized spacial score (nSPS) is 16.8. The van der Waals surface area contributed by atoms with E-state index in [-0.39, 0.29) is 29.1 Å². The molecule has 2 aromatic carbocycles. The number of carbonyl (C=O) groups excluding carboxylic acids is 2. The molecule has 1 aliphatic rings. The van der Waals surface area contributed by atoms with Gasteiger partial charge >= 0.3 is 0 Å². The lowest BCUT2D eigenvalue weighted by atomic mass is 9.87. The van der Waals surface area contributed by atoms with Crippen LogP contribution in [0.3, 0.4) is 0 Å². The quantitative estimate of drug-likeness (QED) is 0.641. The largest absolute Gasteiger partial charge is 0.360 e. The molecule has 6 heteroatoms. The Morgan fingerprint density at radius 1 is 1.07 bits per heavy atom.